The number of rotatable bonds is 3. The van der Waals surface area contributed by atoms with E-state index in [9.17, 15) is 14.4 Å². The fraction of sp³-hybridized carbons (Fsp3) is 0.333. The number of hydrogen-bond acceptors (Lipinski definition) is 5. The largest absolute Gasteiger partial charge is 0.476 e. The Hall–Kier alpha value is -1.09. The minimum absolute atomic E-state index is 0.0102. The summed E-state index contributed by atoms with van der Waals surface area (Å²) >= 11 is 16.8. The molecule has 0 radical (unpaired) electrons. The lowest BCUT2D eigenvalue weighted by atomic mass is 10.4. The van der Waals surface area contributed by atoms with Crippen LogP contribution >= 0.6 is 46.1 Å². The molecule has 0 spiro atoms. The molecule has 0 aliphatic heterocycles. The van der Waals surface area contributed by atoms with Crippen LogP contribution < -0.4 is 10.6 Å². The van der Waals surface area contributed by atoms with Gasteiger partial charge < -0.3 is 5.11 Å². The molecule has 0 saturated carbocycles. The van der Waals surface area contributed by atoms with Crippen LogP contribution in [0.1, 0.15) is 22.4 Å². The highest BCUT2D eigenvalue weighted by atomic mass is 35.6. The van der Waals surface area contributed by atoms with E-state index in [2.05, 4.69) is 10.3 Å². The monoisotopic (exact) mass is 359 g/mol. The van der Waals surface area contributed by atoms with Crippen LogP contribution in [0.3, 0.4) is 0 Å². The Labute approximate surface area is 132 Å². The van der Waals surface area contributed by atoms with Gasteiger partial charge in [-0.2, -0.15) is 0 Å². The zero-order valence-corrected chi connectivity index (χ0v) is 13.0. The molecule has 1 heterocycles. The van der Waals surface area contributed by atoms with Gasteiger partial charge in [-0.1, -0.05) is 41.7 Å². The Bertz CT molecular complexity index is 555. The molecule has 20 heavy (non-hydrogen) atoms. The summed E-state index contributed by atoms with van der Waals surface area (Å²) < 4.78 is -2.30. The molecular formula is C9H8Cl3N3O4S. The summed E-state index contributed by atoms with van der Waals surface area (Å²) in [6, 6.07) is -1.02. The van der Waals surface area contributed by atoms with Gasteiger partial charge in [0.25, 0.3) is 9.70 Å². The van der Waals surface area contributed by atoms with Crippen LogP contribution in [0.2, 0.25) is 0 Å². The van der Waals surface area contributed by atoms with Gasteiger partial charge in [0.1, 0.15) is 5.00 Å². The van der Waals surface area contributed by atoms with E-state index in [1.807, 2.05) is 0 Å². The maximum atomic E-state index is 11.5. The normalized spacial score (nSPS) is 11.0. The van der Waals surface area contributed by atoms with Crippen molar-refractivity contribution >= 4 is 69.0 Å². The predicted octanol–water partition coefficient (Wildman–Crippen LogP) is 2.42. The molecule has 0 bridgehead atoms. The van der Waals surface area contributed by atoms with Gasteiger partial charge >= 0.3 is 12.0 Å². The third kappa shape index (κ3) is 4.48. The molecule has 3 amide bonds. The molecule has 1 aromatic heterocycles. The van der Waals surface area contributed by atoms with Crippen LogP contribution in [0.5, 0.6) is 0 Å². The highest BCUT2D eigenvalue weighted by Crippen LogP contribution is 2.27. The molecule has 0 fully saturated rings. The quantitative estimate of drug-likeness (QED) is 0.717. The van der Waals surface area contributed by atoms with Gasteiger partial charge in [0, 0.05) is 0 Å². The average Bonchev–Trinajstić information content (AvgIpc) is 2.70. The number of nitrogens with one attached hydrogen (secondary N) is 2. The summed E-state index contributed by atoms with van der Waals surface area (Å²) in [5, 5.41) is 13.4. The number of nitrogens with zero attached hydrogens (tertiary/aromatic N) is 1. The topological polar surface area (TPSA) is 108 Å². The van der Waals surface area contributed by atoms with Crippen molar-refractivity contribution < 1.29 is 19.5 Å². The number of carboxylic acids is 1. The summed E-state index contributed by atoms with van der Waals surface area (Å²) in [6.45, 7) is 1.78. The number of aromatic nitrogens is 1. The molecule has 110 valence electrons. The number of carbonyl (C=O) groups excluding carboxylic acids is 2. The van der Waals surface area contributed by atoms with Crippen LogP contribution in [-0.4, -0.2) is 31.8 Å². The number of urea groups is 1. The molecule has 0 aromatic carbocycles. The molecule has 11 heteroatoms. The second-order valence-electron chi connectivity index (χ2n) is 3.35. The van der Waals surface area contributed by atoms with E-state index in [1.54, 1.807) is 12.2 Å². The van der Waals surface area contributed by atoms with Crippen molar-refractivity contribution in [3.8, 4) is 0 Å². The third-order valence-corrected chi connectivity index (χ3v) is 3.52. The number of carbonyl (C=O) groups is 3. The Morgan fingerprint density at radius 2 is 1.95 bits per heavy atom. The minimum atomic E-state index is -2.30. The Kier molecular flexibility index (Phi) is 5.58. The zero-order valence-electron chi connectivity index (χ0n) is 9.87. The number of halogens is 3. The van der Waals surface area contributed by atoms with Crippen molar-refractivity contribution in [1.29, 1.82) is 0 Å². The average molecular weight is 361 g/mol. The number of anilines is 1. The van der Waals surface area contributed by atoms with Crippen molar-refractivity contribution in [3.63, 3.8) is 0 Å². The van der Waals surface area contributed by atoms with Crippen molar-refractivity contribution in [2.45, 2.75) is 17.1 Å². The number of hydrogen-bond donors (Lipinski definition) is 3. The van der Waals surface area contributed by atoms with Crippen molar-refractivity contribution in [3.05, 3.63) is 10.7 Å². The smallest absolute Gasteiger partial charge is 0.357 e. The lowest BCUT2D eigenvalue weighted by Crippen LogP contribution is -2.41. The van der Waals surface area contributed by atoms with Gasteiger partial charge in [-0.25, -0.2) is 14.6 Å². The second-order valence-corrected chi connectivity index (χ2v) is 6.71. The molecule has 0 saturated heterocycles. The van der Waals surface area contributed by atoms with Crippen LogP contribution in [0.25, 0.3) is 0 Å². The van der Waals surface area contributed by atoms with Crippen LogP contribution in [-0.2, 0) is 11.2 Å². The number of thiazole rings is 1. The van der Waals surface area contributed by atoms with E-state index in [-0.39, 0.29) is 10.7 Å². The van der Waals surface area contributed by atoms with Crippen molar-refractivity contribution in [2.24, 2.45) is 0 Å². The lowest BCUT2D eigenvalue weighted by Gasteiger charge is -2.10. The highest BCUT2D eigenvalue weighted by molar-refractivity contribution is 7.16. The van der Waals surface area contributed by atoms with E-state index < -0.39 is 21.7 Å². The summed E-state index contributed by atoms with van der Waals surface area (Å²) in [7, 11) is 0. The molecule has 3 N–H and O–H groups in total. The maximum Gasteiger partial charge on any atom is 0.357 e. The Morgan fingerprint density at radius 1 is 1.35 bits per heavy atom. The van der Waals surface area contributed by atoms with Gasteiger partial charge in [0.05, 0.1) is 5.01 Å². The predicted molar refractivity (Wildman–Crippen MR) is 75.9 cm³/mol. The molecule has 0 atom stereocenters. The first-order chi connectivity index (χ1) is 9.15. The number of aromatic carboxylic acids is 1. The standard InChI is InChI=1S/C9H8Cl3N3O4S/c1-2-3-13-4(6(16)17)5(20-3)14-8(19)15-7(18)9(10,11)12/h2H2,1H3,(H,16,17)(H2,14,15,18,19). The van der Waals surface area contributed by atoms with Gasteiger partial charge in [0.2, 0.25) is 0 Å². The molecular weight excluding hydrogens is 353 g/mol. The SMILES string of the molecule is CCc1nc(C(=O)O)c(NC(=O)NC(=O)C(Cl)(Cl)Cl)s1. The van der Waals surface area contributed by atoms with Crippen LogP contribution in [0.4, 0.5) is 9.80 Å². The van der Waals surface area contributed by atoms with E-state index in [0.29, 0.717) is 11.4 Å². The molecule has 1 aromatic rings. The first kappa shape index (κ1) is 17.0. The Balaban J connectivity index is 2.83. The lowest BCUT2D eigenvalue weighted by molar-refractivity contribution is -0.119. The van der Waals surface area contributed by atoms with E-state index in [0.717, 1.165) is 11.3 Å². The van der Waals surface area contributed by atoms with E-state index >= 15 is 0 Å². The van der Waals surface area contributed by atoms with Crippen molar-refractivity contribution in [2.75, 3.05) is 5.32 Å². The zero-order chi connectivity index (χ0) is 15.5. The first-order valence-electron chi connectivity index (χ1n) is 5.07. The number of aryl methyl sites for hydroxylation is 1. The number of alkyl halides is 3. The van der Waals surface area contributed by atoms with Crippen LogP contribution in [0, 0.1) is 0 Å². The van der Waals surface area contributed by atoms with Gasteiger partial charge in [-0.05, 0) is 6.42 Å². The first-order valence-corrected chi connectivity index (χ1v) is 7.02. The van der Waals surface area contributed by atoms with Gasteiger partial charge in [-0.15, -0.1) is 11.3 Å². The summed E-state index contributed by atoms with van der Waals surface area (Å²) in [5.74, 6) is -2.46. The summed E-state index contributed by atoms with van der Waals surface area (Å²) in [4.78, 5) is 37.5. The summed E-state index contributed by atoms with van der Waals surface area (Å²) in [5.41, 5.74) is -0.316. The maximum absolute atomic E-state index is 11.5. The third-order valence-electron chi connectivity index (χ3n) is 1.89. The number of imide groups is 1. The second kappa shape index (κ2) is 6.57. The molecule has 0 aliphatic rings. The fourth-order valence-corrected chi connectivity index (χ4v) is 2.09. The number of carboxylic acid groups (broad SMARTS) is 1. The van der Waals surface area contributed by atoms with Gasteiger partial charge in [0.15, 0.2) is 5.69 Å². The minimum Gasteiger partial charge on any atom is -0.476 e. The van der Waals surface area contributed by atoms with E-state index in [4.69, 9.17) is 39.9 Å². The molecule has 0 aliphatic carbocycles. The van der Waals surface area contributed by atoms with Gasteiger partial charge in [-0.3, -0.25) is 15.4 Å². The molecule has 7 nitrogen and oxygen atoms in total. The highest BCUT2D eigenvalue weighted by Gasteiger charge is 2.32. The van der Waals surface area contributed by atoms with E-state index in [1.165, 1.54) is 0 Å². The van der Waals surface area contributed by atoms with Crippen molar-refractivity contribution in [1.82, 2.24) is 10.3 Å². The summed E-state index contributed by atoms with van der Waals surface area (Å²) in [6.07, 6.45) is 0.501. The fourth-order valence-electron chi connectivity index (χ4n) is 1.05. The van der Waals surface area contributed by atoms with Crippen LogP contribution in [0.15, 0.2) is 0 Å². The Morgan fingerprint density at radius 3 is 2.40 bits per heavy atom. The molecule has 1 rings (SSSR count). The number of amides is 3. The molecule has 0 unspecified atom stereocenters.